The minimum atomic E-state index is -0.660. The number of aliphatic carboxylic acids is 1. The molecule has 148 valence electrons. The highest BCUT2D eigenvalue weighted by Crippen LogP contribution is 2.67. The average molecular weight is 363 g/mol. The van der Waals surface area contributed by atoms with Gasteiger partial charge in [0, 0.05) is 6.42 Å². The highest BCUT2D eigenvalue weighted by Gasteiger charge is 2.61. The van der Waals surface area contributed by atoms with Gasteiger partial charge in [-0.15, -0.1) is 0 Å². The van der Waals surface area contributed by atoms with E-state index in [0.29, 0.717) is 40.9 Å². The van der Waals surface area contributed by atoms with E-state index in [1.54, 1.807) is 0 Å². The number of carbonyl (C=O) groups is 1. The first-order valence-corrected chi connectivity index (χ1v) is 11.3. The molecule has 8 atom stereocenters. The Morgan fingerprint density at radius 2 is 1.77 bits per heavy atom. The summed E-state index contributed by atoms with van der Waals surface area (Å²) in [6.07, 6.45) is 13.7. The zero-order valence-electron chi connectivity index (χ0n) is 16.8. The van der Waals surface area contributed by atoms with Crippen LogP contribution in [0.3, 0.4) is 0 Å². The van der Waals surface area contributed by atoms with E-state index in [9.17, 15) is 9.90 Å². The molecule has 0 spiro atoms. The Hall–Kier alpha value is -0.570. The molecule has 4 fully saturated rings. The Kier molecular flexibility index (Phi) is 4.91. The molecule has 3 heteroatoms. The molecule has 0 aromatic carbocycles. The van der Waals surface area contributed by atoms with Crippen molar-refractivity contribution in [1.82, 2.24) is 0 Å². The van der Waals surface area contributed by atoms with Gasteiger partial charge in [0.05, 0.1) is 6.10 Å². The molecule has 3 nitrogen and oxygen atoms in total. The Morgan fingerprint density at radius 3 is 2.54 bits per heavy atom. The summed E-state index contributed by atoms with van der Waals surface area (Å²) in [5.41, 5.74) is 0.795. The summed E-state index contributed by atoms with van der Waals surface area (Å²) >= 11 is 0. The number of carboxylic acid groups (broad SMARTS) is 1. The Morgan fingerprint density at radius 1 is 1.00 bits per heavy atom. The van der Waals surface area contributed by atoms with Crippen LogP contribution in [-0.4, -0.2) is 22.3 Å². The van der Waals surface area contributed by atoms with E-state index in [4.69, 9.17) is 5.11 Å². The highest BCUT2D eigenvalue weighted by molar-refractivity contribution is 5.66. The summed E-state index contributed by atoms with van der Waals surface area (Å²) in [5.74, 6) is 2.62. The number of fused-ring (bicyclic) bond motifs is 5. The van der Waals surface area contributed by atoms with Gasteiger partial charge in [-0.3, -0.25) is 4.79 Å². The van der Waals surface area contributed by atoms with Crippen molar-refractivity contribution >= 4 is 5.97 Å². The van der Waals surface area contributed by atoms with Crippen molar-refractivity contribution in [1.29, 1.82) is 0 Å². The summed E-state index contributed by atoms with van der Waals surface area (Å²) < 4.78 is 0. The van der Waals surface area contributed by atoms with Crippen LogP contribution in [0.5, 0.6) is 0 Å². The number of hydrogen-bond donors (Lipinski definition) is 2. The first-order valence-electron chi connectivity index (χ1n) is 11.3. The van der Waals surface area contributed by atoms with Gasteiger partial charge < -0.3 is 10.2 Å². The molecule has 0 aromatic rings. The molecule has 0 heterocycles. The number of aliphatic hydroxyl groups excluding tert-OH is 1. The van der Waals surface area contributed by atoms with Crippen molar-refractivity contribution in [3.05, 3.63) is 0 Å². The van der Waals surface area contributed by atoms with Crippen LogP contribution in [0.4, 0.5) is 0 Å². The number of hydrogen-bond acceptors (Lipinski definition) is 2. The molecular formula is C23H38O3. The van der Waals surface area contributed by atoms with Crippen molar-refractivity contribution in [2.75, 3.05) is 0 Å². The Labute approximate surface area is 158 Å². The van der Waals surface area contributed by atoms with Crippen LogP contribution >= 0.6 is 0 Å². The second kappa shape index (κ2) is 6.79. The fraction of sp³-hybridized carbons (Fsp3) is 0.957. The molecule has 26 heavy (non-hydrogen) atoms. The molecule has 4 aliphatic carbocycles. The lowest BCUT2D eigenvalue weighted by molar-refractivity contribution is -0.162. The number of carboxylic acids is 1. The maximum Gasteiger partial charge on any atom is 0.303 e. The quantitative estimate of drug-likeness (QED) is 0.717. The molecule has 7 unspecified atom stereocenters. The van der Waals surface area contributed by atoms with E-state index in [2.05, 4.69) is 13.8 Å². The molecule has 0 aromatic heterocycles. The lowest BCUT2D eigenvalue weighted by atomic mass is 9.44. The first-order chi connectivity index (χ1) is 12.4. The summed E-state index contributed by atoms with van der Waals surface area (Å²) in [6, 6.07) is 0. The molecule has 4 saturated carbocycles. The topological polar surface area (TPSA) is 57.5 Å². The van der Waals surface area contributed by atoms with Crippen LogP contribution in [0.15, 0.2) is 0 Å². The van der Waals surface area contributed by atoms with E-state index >= 15 is 0 Å². The highest BCUT2D eigenvalue weighted by atomic mass is 16.4. The number of aliphatic hydroxyl groups is 1. The van der Waals surface area contributed by atoms with Crippen LogP contribution in [0, 0.1) is 40.4 Å². The van der Waals surface area contributed by atoms with Crippen LogP contribution in [0.2, 0.25) is 0 Å². The summed E-state index contributed by atoms with van der Waals surface area (Å²) in [6.45, 7) is 5.04. The van der Waals surface area contributed by atoms with Gasteiger partial charge in [-0.1, -0.05) is 26.7 Å². The first kappa shape index (κ1) is 18.8. The van der Waals surface area contributed by atoms with Gasteiger partial charge in [0.25, 0.3) is 0 Å². The SMILES string of the molecule is CC12CCC3[C@@H](C(O)CC4CCCCC43C)C1CCC2CCCC(=O)O. The summed E-state index contributed by atoms with van der Waals surface area (Å²) in [7, 11) is 0. The predicted molar refractivity (Wildman–Crippen MR) is 103 cm³/mol. The third kappa shape index (κ3) is 2.84. The number of rotatable bonds is 4. The Balaban J connectivity index is 1.53. The fourth-order valence-corrected chi connectivity index (χ4v) is 8.34. The summed E-state index contributed by atoms with van der Waals surface area (Å²) in [5, 5.41) is 20.2. The maximum atomic E-state index is 11.2. The molecule has 0 bridgehead atoms. The van der Waals surface area contributed by atoms with Crippen LogP contribution < -0.4 is 0 Å². The molecule has 4 aliphatic rings. The van der Waals surface area contributed by atoms with Gasteiger partial charge in [0.1, 0.15) is 0 Å². The molecular weight excluding hydrogens is 324 g/mol. The van der Waals surface area contributed by atoms with Gasteiger partial charge >= 0.3 is 5.97 Å². The normalized spacial score (nSPS) is 50.6. The predicted octanol–water partition coefficient (Wildman–Crippen LogP) is 5.26. The van der Waals surface area contributed by atoms with Crippen LogP contribution in [0.1, 0.15) is 90.9 Å². The fourth-order valence-electron chi connectivity index (χ4n) is 8.34. The van der Waals surface area contributed by atoms with E-state index in [1.165, 1.54) is 51.4 Å². The van der Waals surface area contributed by atoms with Crippen molar-refractivity contribution in [3.8, 4) is 0 Å². The zero-order chi connectivity index (χ0) is 18.5. The molecule has 0 aliphatic heterocycles. The second-order valence-electron chi connectivity index (χ2n) is 10.6. The van der Waals surface area contributed by atoms with Gasteiger partial charge in [0.15, 0.2) is 0 Å². The lowest BCUT2D eigenvalue weighted by Crippen LogP contribution is -2.57. The van der Waals surface area contributed by atoms with E-state index in [0.717, 1.165) is 25.2 Å². The largest absolute Gasteiger partial charge is 0.481 e. The van der Waals surface area contributed by atoms with Crippen molar-refractivity contribution in [3.63, 3.8) is 0 Å². The average Bonchev–Trinajstić information content (AvgIpc) is 2.92. The maximum absolute atomic E-state index is 11.2. The monoisotopic (exact) mass is 362 g/mol. The van der Waals surface area contributed by atoms with Gasteiger partial charge in [0.2, 0.25) is 0 Å². The van der Waals surface area contributed by atoms with Crippen LogP contribution in [0.25, 0.3) is 0 Å². The van der Waals surface area contributed by atoms with Crippen molar-refractivity contribution in [2.45, 2.75) is 97.0 Å². The molecule has 0 amide bonds. The third-order valence-electron chi connectivity index (χ3n) is 9.74. The van der Waals surface area contributed by atoms with Gasteiger partial charge in [-0.25, -0.2) is 0 Å². The third-order valence-corrected chi connectivity index (χ3v) is 9.74. The van der Waals surface area contributed by atoms with E-state index < -0.39 is 5.97 Å². The molecule has 4 rings (SSSR count). The van der Waals surface area contributed by atoms with Crippen molar-refractivity contribution in [2.24, 2.45) is 40.4 Å². The summed E-state index contributed by atoms with van der Waals surface area (Å²) in [4.78, 5) is 10.9. The van der Waals surface area contributed by atoms with Crippen LogP contribution in [-0.2, 0) is 4.79 Å². The van der Waals surface area contributed by atoms with Gasteiger partial charge in [-0.2, -0.15) is 0 Å². The smallest absolute Gasteiger partial charge is 0.303 e. The molecule has 0 saturated heterocycles. The Bertz CT molecular complexity index is 546. The molecule has 2 N–H and O–H groups in total. The van der Waals surface area contributed by atoms with Gasteiger partial charge in [-0.05, 0) is 98.2 Å². The van der Waals surface area contributed by atoms with Crippen molar-refractivity contribution < 1.29 is 15.0 Å². The van der Waals surface area contributed by atoms with E-state index in [1.807, 2.05) is 0 Å². The lowest BCUT2D eigenvalue weighted by Gasteiger charge is -2.62. The minimum absolute atomic E-state index is 0.0985. The molecule has 0 radical (unpaired) electrons. The standard InChI is InChI=1S/C23H38O3/c1-22-12-4-3-6-16(22)14-19(24)21-17-10-9-15(7-5-8-20(25)26)23(17,2)13-11-18(21)22/h15-19,21,24H,3-14H2,1-2H3,(H,25,26)/t15?,16?,17?,18?,19?,21-,22?,23?/m0/s1. The second-order valence-corrected chi connectivity index (χ2v) is 10.6. The van der Waals surface area contributed by atoms with E-state index in [-0.39, 0.29) is 6.10 Å². The zero-order valence-corrected chi connectivity index (χ0v) is 16.8. The minimum Gasteiger partial charge on any atom is -0.481 e.